The Morgan fingerprint density at radius 2 is 1.77 bits per heavy atom. The third kappa shape index (κ3) is 1.24. The number of hydrogen-bond acceptors (Lipinski definition) is 1. The quantitative estimate of drug-likeness (QED) is 0.634. The fraction of sp³-hybridized carbons (Fsp3) is 0.333. The molecule has 0 amide bonds. The summed E-state index contributed by atoms with van der Waals surface area (Å²) in [5, 5.41) is 0. The van der Waals surface area contributed by atoms with Crippen LogP contribution in [0.2, 0.25) is 0 Å². The van der Waals surface area contributed by atoms with Crippen LogP contribution in [-0.4, -0.2) is 0 Å². The van der Waals surface area contributed by atoms with Crippen molar-refractivity contribution in [3.8, 4) is 0 Å². The van der Waals surface area contributed by atoms with Crippen molar-refractivity contribution in [1.82, 2.24) is 0 Å². The summed E-state index contributed by atoms with van der Waals surface area (Å²) >= 11 is 0. The number of allylic oxidation sites excluding steroid dienone is 1. The van der Waals surface area contributed by atoms with E-state index in [2.05, 4.69) is 38.1 Å². The molecule has 1 heteroatoms. The molecule has 1 aromatic carbocycles. The topological polar surface area (TPSA) is 9.23 Å². The SMILES string of the molecule is CC1=C(C)C(c2ccccc2C)O1. The van der Waals surface area contributed by atoms with Crippen molar-refractivity contribution < 1.29 is 4.74 Å². The maximum absolute atomic E-state index is 5.60. The van der Waals surface area contributed by atoms with Crippen molar-refractivity contribution >= 4 is 0 Å². The average Bonchev–Trinajstić information content (AvgIpc) is 2.15. The van der Waals surface area contributed by atoms with Gasteiger partial charge in [0, 0.05) is 5.57 Å². The van der Waals surface area contributed by atoms with Crippen LogP contribution in [0.25, 0.3) is 0 Å². The van der Waals surface area contributed by atoms with Gasteiger partial charge in [0.2, 0.25) is 0 Å². The largest absolute Gasteiger partial charge is 0.486 e. The molecule has 0 N–H and O–H groups in total. The molecule has 1 atom stereocenters. The second-order valence-corrected chi connectivity index (χ2v) is 3.59. The predicted octanol–water partition coefficient (Wildman–Crippen LogP) is 3.36. The second-order valence-electron chi connectivity index (χ2n) is 3.59. The monoisotopic (exact) mass is 174 g/mol. The molecule has 1 aliphatic heterocycles. The summed E-state index contributed by atoms with van der Waals surface area (Å²) in [6, 6.07) is 8.38. The van der Waals surface area contributed by atoms with Crippen molar-refractivity contribution in [2.24, 2.45) is 0 Å². The molecule has 0 fully saturated rings. The van der Waals surface area contributed by atoms with Crippen LogP contribution >= 0.6 is 0 Å². The van der Waals surface area contributed by atoms with Gasteiger partial charge in [-0.15, -0.1) is 0 Å². The van der Waals surface area contributed by atoms with E-state index in [-0.39, 0.29) is 6.10 Å². The first kappa shape index (κ1) is 8.36. The van der Waals surface area contributed by atoms with Gasteiger partial charge in [-0.1, -0.05) is 24.3 Å². The van der Waals surface area contributed by atoms with Gasteiger partial charge in [0.1, 0.15) is 6.10 Å². The molecule has 0 saturated carbocycles. The van der Waals surface area contributed by atoms with E-state index in [0.717, 1.165) is 5.76 Å². The zero-order valence-electron chi connectivity index (χ0n) is 8.29. The van der Waals surface area contributed by atoms with Crippen LogP contribution in [-0.2, 0) is 4.74 Å². The molecular formula is C12H14O. The average molecular weight is 174 g/mol. The van der Waals surface area contributed by atoms with Crippen molar-refractivity contribution in [2.75, 3.05) is 0 Å². The molecule has 0 spiro atoms. The molecule has 1 heterocycles. The van der Waals surface area contributed by atoms with Gasteiger partial charge in [-0.25, -0.2) is 0 Å². The van der Waals surface area contributed by atoms with E-state index in [1.807, 2.05) is 6.92 Å². The Kier molecular flexibility index (Phi) is 1.87. The number of ether oxygens (including phenoxy) is 1. The number of benzene rings is 1. The first-order valence-electron chi connectivity index (χ1n) is 4.59. The van der Waals surface area contributed by atoms with Crippen molar-refractivity contribution in [1.29, 1.82) is 0 Å². The Morgan fingerprint density at radius 1 is 1.08 bits per heavy atom. The summed E-state index contributed by atoms with van der Waals surface area (Å²) < 4.78 is 5.60. The zero-order chi connectivity index (χ0) is 9.42. The van der Waals surface area contributed by atoms with Gasteiger partial charge in [0.25, 0.3) is 0 Å². The lowest BCUT2D eigenvalue weighted by molar-refractivity contribution is 0.0867. The van der Waals surface area contributed by atoms with Gasteiger partial charge in [0.15, 0.2) is 0 Å². The Labute approximate surface area is 79.0 Å². The molecule has 0 radical (unpaired) electrons. The summed E-state index contributed by atoms with van der Waals surface area (Å²) in [5.74, 6) is 1.08. The lowest BCUT2D eigenvalue weighted by Gasteiger charge is -2.32. The fourth-order valence-electron chi connectivity index (χ4n) is 1.66. The van der Waals surface area contributed by atoms with E-state index in [1.54, 1.807) is 0 Å². The highest BCUT2D eigenvalue weighted by atomic mass is 16.5. The van der Waals surface area contributed by atoms with Crippen LogP contribution in [0.3, 0.4) is 0 Å². The standard InChI is InChI=1S/C12H14O/c1-8-6-4-5-7-11(8)12-9(2)10(3)13-12/h4-7,12H,1-3H3. The Bertz CT molecular complexity index is 363. The van der Waals surface area contributed by atoms with Gasteiger partial charge in [-0.2, -0.15) is 0 Å². The molecule has 0 aromatic heterocycles. The smallest absolute Gasteiger partial charge is 0.148 e. The maximum atomic E-state index is 5.60. The van der Waals surface area contributed by atoms with E-state index in [9.17, 15) is 0 Å². The summed E-state index contributed by atoms with van der Waals surface area (Å²) in [5.41, 5.74) is 3.96. The van der Waals surface area contributed by atoms with Gasteiger partial charge < -0.3 is 4.74 Å². The number of hydrogen-bond donors (Lipinski definition) is 0. The molecule has 0 saturated heterocycles. The molecule has 1 unspecified atom stereocenters. The van der Waals surface area contributed by atoms with E-state index in [4.69, 9.17) is 4.74 Å². The molecular weight excluding hydrogens is 160 g/mol. The molecule has 0 aliphatic carbocycles. The molecule has 13 heavy (non-hydrogen) atoms. The summed E-state index contributed by atoms with van der Waals surface area (Å²) in [6.45, 7) is 6.28. The summed E-state index contributed by atoms with van der Waals surface area (Å²) in [6.07, 6.45) is 0.209. The van der Waals surface area contributed by atoms with Gasteiger partial charge in [-0.3, -0.25) is 0 Å². The van der Waals surface area contributed by atoms with Crippen molar-refractivity contribution in [2.45, 2.75) is 26.9 Å². The van der Waals surface area contributed by atoms with Crippen LogP contribution < -0.4 is 0 Å². The maximum Gasteiger partial charge on any atom is 0.148 e. The van der Waals surface area contributed by atoms with Crippen LogP contribution in [0.4, 0.5) is 0 Å². The Balaban J connectivity index is 2.35. The van der Waals surface area contributed by atoms with Gasteiger partial charge >= 0.3 is 0 Å². The van der Waals surface area contributed by atoms with Crippen molar-refractivity contribution in [3.05, 3.63) is 46.7 Å². The molecule has 2 rings (SSSR count). The first-order chi connectivity index (χ1) is 6.20. The third-order valence-corrected chi connectivity index (χ3v) is 2.71. The zero-order valence-corrected chi connectivity index (χ0v) is 8.29. The van der Waals surface area contributed by atoms with E-state index < -0.39 is 0 Å². The third-order valence-electron chi connectivity index (χ3n) is 2.71. The minimum absolute atomic E-state index is 0.209. The lowest BCUT2D eigenvalue weighted by atomic mass is 9.94. The van der Waals surface area contributed by atoms with Crippen molar-refractivity contribution in [3.63, 3.8) is 0 Å². The highest BCUT2D eigenvalue weighted by Gasteiger charge is 2.27. The fourth-order valence-corrected chi connectivity index (χ4v) is 1.66. The van der Waals surface area contributed by atoms with Crippen LogP contribution in [0.15, 0.2) is 35.6 Å². The lowest BCUT2D eigenvalue weighted by Crippen LogP contribution is -2.17. The van der Waals surface area contributed by atoms with E-state index in [1.165, 1.54) is 16.7 Å². The predicted molar refractivity (Wildman–Crippen MR) is 53.4 cm³/mol. The highest BCUT2D eigenvalue weighted by molar-refractivity contribution is 5.36. The van der Waals surface area contributed by atoms with Crippen LogP contribution in [0.1, 0.15) is 31.1 Å². The van der Waals surface area contributed by atoms with Crippen LogP contribution in [0.5, 0.6) is 0 Å². The normalized spacial score (nSPS) is 21.0. The Morgan fingerprint density at radius 3 is 2.31 bits per heavy atom. The molecule has 1 nitrogen and oxygen atoms in total. The number of aryl methyl sites for hydroxylation is 1. The molecule has 68 valence electrons. The van der Waals surface area contributed by atoms with Gasteiger partial charge in [0.05, 0.1) is 5.76 Å². The van der Waals surface area contributed by atoms with Crippen LogP contribution in [0, 0.1) is 6.92 Å². The first-order valence-corrected chi connectivity index (χ1v) is 4.59. The minimum atomic E-state index is 0.209. The number of rotatable bonds is 1. The van der Waals surface area contributed by atoms with E-state index in [0.29, 0.717) is 0 Å². The van der Waals surface area contributed by atoms with Gasteiger partial charge in [-0.05, 0) is 31.9 Å². The molecule has 1 aliphatic rings. The highest BCUT2D eigenvalue weighted by Crippen LogP contribution is 2.39. The van der Waals surface area contributed by atoms with E-state index >= 15 is 0 Å². The second kappa shape index (κ2) is 2.91. The summed E-state index contributed by atoms with van der Waals surface area (Å²) in [7, 11) is 0. The molecule has 0 bridgehead atoms. The Hall–Kier alpha value is -1.24. The minimum Gasteiger partial charge on any atom is -0.486 e. The summed E-state index contributed by atoms with van der Waals surface area (Å²) in [4.78, 5) is 0. The molecule has 1 aromatic rings.